The van der Waals surface area contributed by atoms with Crippen LogP contribution in [0.1, 0.15) is 31.0 Å². The number of ether oxygens (including phenoxy) is 1. The van der Waals surface area contributed by atoms with Gasteiger partial charge in [-0.2, -0.15) is 0 Å². The molecule has 19 heavy (non-hydrogen) atoms. The highest BCUT2D eigenvalue weighted by Crippen LogP contribution is 2.25. The second-order valence-corrected chi connectivity index (χ2v) is 5.23. The molecule has 1 aromatic carbocycles. The summed E-state index contributed by atoms with van der Waals surface area (Å²) in [5, 5.41) is -0.196. The molecule has 0 amide bonds. The van der Waals surface area contributed by atoms with Crippen LogP contribution in [0.4, 0.5) is 4.39 Å². The zero-order valence-corrected chi connectivity index (χ0v) is 12.0. The van der Waals surface area contributed by atoms with Crippen molar-refractivity contribution in [3.8, 4) is 0 Å². The maximum Gasteiger partial charge on any atom is 0.127 e. The number of aryl methyl sites for hydroxylation is 1. The number of unbranched alkanes of at least 4 members (excludes halogenated alkanes) is 1. The number of imidazole rings is 1. The molecular formula is C14H18ClFN2O. The lowest BCUT2D eigenvalue weighted by atomic mass is 10.3. The summed E-state index contributed by atoms with van der Waals surface area (Å²) in [6.07, 6.45) is 1.96. The Hall–Kier alpha value is -1.13. The van der Waals surface area contributed by atoms with E-state index in [2.05, 4.69) is 9.55 Å². The Kier molecular flexibility index (Phi) is 4.77. The van der Waals surface area contributed by atoms with Crippen LogP contribution in [0.2, 0.25) is 0 Å². The van der Waals surface area contributed by atoms with Gasteiger partial charge in [-0.05, 0) is 31.9 Å². The third kappa shape index (κ3) is 3.25. The fourth-order valence-electron chi connectivity index (χ4n) is 2.18. The van der Waals surface area contributed by atoms with E-state index in [9.17, 15) is 4.39 Å². The standard InChI is InChI=1S/C14H18ClFN2O/c1-10(15)14-17-12-9-11(16)5-6-13(12)18(14)7-3-4-8-19-2/h5-6,9-10H,3-4,7-8H2,1-2H3. The number of alkyl halides is 1. The smallest absolute Gasteiger partial charge is 0.127 e. The van der Waals surface area contributed by atoms with Gasteiger partial charge in [0, 0.05) is 26.3 Å². The van der Waals surface area contributed by atoms with Crippen molar-refractivity contribution in [2.45, 2.75) is 31.7 Å². The Morgan fingerprint density at radius 2 is 2.21 bits per heavy atom. The lowest BCUT2D eigenvalue weighted by Gasteiger charge is -2.10. The van der Waals surface area contributed by atoms with Crippen molar-refractivity contribution in [3.63, 3.8) is 0 Å². The van der Waals surface area contributed by atoms with Gasteiger partial charge < -0.3 is 9.30 Å². The molecule has 0 aliphatic heterocycles. The molecule has 0 N–H and O–H groups in total. The van der Waals surface area contributed by atoms with Gasteiger partial charge in [-0.15, -0.1) is 11.6 Å². The van der Waals surface area contributed by atoms with Crippen molar-refractivity contribution >= 4 is 22.6 Å². The zero-order chi connectivity index (χ0) is 13.8. The van der Waals surface area contributed by atoms with Crippen LogP contribution in [0.5, 0.6) is 0 Å². The lowest BCUT2D eigenvalue weighted by molar-refractivity contribution is 0.191. The van der Waals surface area contributed by atoms with E-state index in [-0.39, 0.29) is 11.2 Å². The van der Waals surface area contributed by atoms with E-state index in [1.807, 2.05) is 6.92 Å². The molecule has 2 aromatic rings. The fourth-order valence-corrected chi connectivity index (χ4v) is 2.34. The van der Waals surface area contributed by atoms with Crippen LogP contribution < -0.4 is 0 Å². The van der Waals surface area contributed by atoms with E-state index >= 15 is 0 Å². The lowest BCUT2D eigenvalue weighted by Crippen LogP contribution is -2.05. The Balaban J connectivity index is 2.30. The number of fused-ring (bicyclic) bond motifs is 1. The minimum atomic E-state index is -0.273. The first-order valence-electron chi connectivity index (χ1n) is 6.42. The minimum absolute atomic E-state index is 0.196. The molecule has 104 valence electrons. The van der Waals surface area contributed by atoms with Crippen molar-refractivity contribution in [3.05, 3.63) is 29.8 Å². The average molecular weight is 285 g/mol. The van der Waals surface area contributed by atoms with Gasteiger partial charge in [-0.3, -0.25) is 0 Å². The van der Waals surface area contributed by atoms with Crippen LogP contribution in [-0.2, 0) is 11.3 Å². The number of hydrogen-bond donors (Lipinski definition) is 0. The molecule has 3 nitrogen and oxygen atoms in total. The van der Waals surface area contributed by atoms with Crippen LogP contribution in [0, 0.1) is 5.82 Å². The molecule has 0 fully saturated rings. The van der Waals surface area contributed by atoms with Crippen LogP contribution in [-0.4, -0.2) is 23.3 Å². The first kappa shape index (κ1) is 14.3. The first-order chi connectivity index (χ1) is 9.13. The number of nitrogens with zero attached hydrogens (tertiary/aromatic N) is 2. The van der Waals surface area contributed by atoms with Crippen LogP contribution in [0.3, 0.4) is 0 Å². The molecule has 1 unspecified atom stereocenters. The predicted octanol–water partition coefficient (Wildman–Crippen LogP) is 3.90. The monoisotopic (exact) mass is 284 g/mol. The first-order valence-corrected chi connectivity index (χ1v) is 6.86. The maximum atomic E-state index is 13.2. The minimum Gasteiger partial charge on any atom is -0.385 e. The van der Waals surface area contributed by atoms with Crippen molar-refractivity contribution < 1.29 is 9.13 Å². The highest BCUT2D eigenvalue weighted by molar-refractivity contribution is 6.20. The molecule has 1 heterocycles. The Bertz CT molecular complexity index is 554. The fraction of sp³-hybridized carbons (Fsp3) is 0.500. The molecule has 0 saturated carbocycles. The summed E-state index contributed by atoms with van der Waals surface area (Å²) in [5.41, 5.74) is 1.59. The number of rotatable bonds is 6. The molecule has 0 spiro atoms. The number of methoxy groups -OCH3 is 1. The predicted molar refractivity (Wildman–Crippen MR) is 75.1 cm³/mol. The molecular weight excluding hydrogens is 267 g/mol. The molecule has 0 radical (unpaired) electrons. The SMILES string of the molecule is COCCCCn1c(C(C)Cl)nc2cc(F)ccc21. The van der Waals surface area contributed by atoms with E-state index in [4.69, 9.17) is 16.3 Å². The number of halogens is 2. The van der Waals surface area contributed by atoms with Gasteiger partial charge >= 0.3 is 0 Å². The number of aromatic nitrogens is 2. The summed E-state index contributed by atoms with van der Waals surface area (Å²) in [4.78, 5) is 4.43. The second-order valence-electron chi connectivity index (χ2n) is 4.57. The topological polar surface area (TPSA) is 27.1 Å². The number of benzene rings is 1. The van der Waals surface area contributed by atoms with Gasteiger partial charge in [0.05, 0.1) is 16.4 Å². The van der Waals surface area contributed by atoms with E-state index < -0.39 is 0 Å². The highest BCUT2D eigenvalue weighted by Gasteiger charge is 2.14. The average Bonchev–Trinajstić information content (AvgIpc) is 2.72. The summed E-state index contributed by atoms with van der Waals surface area (Å²) in [6.45, 7) is 3.44. The Labute approximate surface area is 117 Å². The van der Waals surface area contributed by atoms with Gasteiger partial charge in [0.15, 0.2) is 0 Å². The van der Waals surface area contributed by atoms with E-state index in [0.29, 0.717) is 5.52 Å². The van der Waals surface area contributed by atoms with Crippen molar-refractivity contribution in [1.29, 1.82) is 0 Å². The zero-order valence-electron chi connectivity index (χ0n) is 11.2. The molecule has 1 atom stereocenters. The molecule has 0 aliphatic carbocycles. The highest BCUT2D eigenvalue weighted by atomic mass is 35.5. The summed E-state index contributed by atoms with van der Waals surface area (Å²) in [6, 6.07) is 4.67. The van der Waals surface area contributed by atoms with Crippen LogP contribution >= 0.6 is 11.6 Å². The summed E-state index contributed by atoms with van der Waals surface area (Å²) in [7, 11) is 1.70. The molecule has 1 aromatic heterocycles. The van der Waals surface area contributed by atoms with Crippen LogP contribution in [0.25, 0.3) is 11.0 Å². The normalized spacial score (nSPS) is 13.1. The van der Waals surface area contributed by atoms with Gasteiger partial charge in [0.25, 0.3) is 0 Å². The largest absolute Gasteiger partial charge is 0.385 e. The van der Waals surface area contributed by atoms with E-state index in [1.165, 1.54) is 12.1 Å². The van der Waals surface area contributed by atoms with E-state index in [1.54, 1.807) is 13.2 Å². The van der Waals surface area contributed by atoms with Gasteiger partial charge in [-0.1, -0.05) is 0 Å². The van der Waals surface area contributed by atoms with Crippen molar-refractivity contribution in [2.24, 2.45) is 0 Å². The summed E-state index contributed by atoms with van der Waals surface area (Å²) in [5.74, 6) is 0.519. The van der Waals surface area contributed by atoms with Gasteiger partial charge in [0.1, 0.15) is 11.6 Å². The van der Waals surface area contributed by atoms with Crippen molar-refractivity contribution in [2.75, 3.05) is 13.7 Å². The third-order valence-corrected chi connectivity index (χ3v) is 3.27. The molecule has 0 aliphatic rings. The van der Waals surface area contributed by atoms with Crippen molar-refractivity contribution in [1.82, 2.24) is 9.55 Å². The van der Waals surface area contributed by atoms with E-state index in [0.717, 1.165) is 37.3 Å². The third-order valence-electron chi connectivity index (χ3n) is 3.08. The molecule has 5 heteroatoms. The number of hydrogen-bond acceptors (Lipinski definition) is 2. The Morgan fingerprint density at radius 3 is 2.89 bits per heavy atom. The summed E-state index contributed by atoms with van der Waals surface area (Å²) >= 11 is 6.16. The van der Waals surface area contributed by atoms with Crippen LogP contribution in [0.15, 0.2) is 18.2 Å². The maximum absolute atomic E-state index is 13.2. The Morgan fingerprint density at radius 1 is 1.42 bits per heavy atom. The van der Waals surface area contributed by atoms with Gasteiger partial charge in [-0.25, -0.2) is 9.37 Å². The summed E-state index contributed by atoms with van der Waals surface area (Å²) < 4.78 is 20.3. The molecule has 2 rings (SSSR count). The molecule has 0 bridgehead atoms. The quantitative estimate of drug-likeness (QED) is 0.594. The molecule has 0 saturated heterocycles. The van der Waals surface area contributed by atoms with Gasteiger partial charge in [0.2, 0.25) is 0 Å². The second kappa shape index (κ2) is 6.35.